The quantitative estimate of drug-likeness (QED) is 0.433. The first-order valence-electron chi connectivity index (χ1n) is 6.24. The predicted octanol–water partition coefficient (Wildman–Crippen LogP) is 4.43. The van der Waals surface area contributed by atoms with Crippen LogP contribution in [0.15, 0.2) is 0 Å². The second-order valence-electron chi connectivity index (χ2n) is 4.81. The summed E-state index contributed by atoms with van der Waals surface area (Å²) in [6.07, 6.45) is -7.68. The van der Waals surface area contributed by atoms with Gasteiger partial charge in [0.05, 0.1) is 6.61 Å². The molecule has 0 heterocycles. The van der Waals surface area contributed by atoms with E-state index in [-0.39, 0.29) is 0 Å². The number of halogens is 15. The fourth-order valence-electron chi connectivity index (χ4n) is 1.31. The molecule has 0 aliphatic heterocycles. The number of alkyl halides is 15. The molecule has 0 atom stereocenters. The minimum Gasteiger partial charge on any atom is -0.274 e. The largest absolute Gasteiger partial charge is 0.460 e. The van der Waals surface area contributed by atoms with Crippen LogP contribution >= 0.6 is 0 Å². The van der Waals surface area contributed by atoms with E-state index in [9.17, 15) is 70.7 Å². The van der Waals surface area contributed by atoms with Crippen LogP contribution in [-0.2, 0) is 9.63 Å². The average Bonchev–Trinajstić information content (AvgIpc) is 2.50. The summed E-state index contributed by atoms with van der Waals surface area (Å²) in [5.41, 5.74) is 0.333. The molecule has 0 radical (unpaired) electrons. The van der Waals surface area contributed by atoms with Crippen molar-refractivity contribution in [2.24, 2.45) is 0 Å². The van der Waals surface area contributed by atoms with Crippen LogP contribution in [0, 0.1) is 0 Å². The molecule has 0 fully saturated rings. The van der Waals surface area contributed by atoms with E-state index < -0.39 is 54.2 Å². The summed E-state index contributed by atoms with van der Waals surface area (Å²) < 4.78 is 192. The van der Waals surface area contributed by atoms with Gasteiger partial charge in [0.1, 0.15) is 0 Å². The van der Waals surface area contributed by atoms with Crippen molar-refractivity contribution in [2.45, 2.75) is 48.6 Å². The van der Waals surface area contributed by atoms with Crippen LogP contribution in [0.25, 0.3) is 0 Å². The summed E-state index contributed by atoms with van der Waals surface area (Å²) >= 11 is 0. The molecular formula is C10H6F15NO2. The molecule has 0 aromatic heterocycles. The van der Waals surface area contributed by atoms with Crippen molar-refractivity contribution in [3.63, 3.8) is 0 Å². The van der Waals surface area contributed by atoms with Gasteiger partial charge >= 0.3 is 47.6 Å². The molecule has 0 saturated carbocycles. The van der Waals surface area contributed by atoms with Gasteiger partial charge in [-0.05, 0) is 6.92 Å². The lowest BCUT2D eigenvalue weighted by atomic mass is 9.91. The Bertz CT molecular complexity index is 582. The zero-order chi connectivity index (χ0) is 23.2. The SMILES string of the molecule is CCONC(=O)C(F)(F)C(F)(F)C(F)(F)C(F)(F)C(F)(F)C(F)(F)C(F)(F)F. The molecule has 0 rings (SSSR count). The van der Waals surface area contributed by atoms with Crippen molar-refractivity contribution < 1.29 is 75.5 Å². The van der Waals surface area contributed by atoms with Gasteiger partial charge in [0.25, 0.3) is 0 Å². The number of amides is 1. The summed E-state index contributed by atoms with van der Waals surface area (Å²) in [5, 5.41) is 0. The van der Waals surface area contributed by atoms with Gasteiger partial charge in [-0.1, -0.05) is 0 Å². The van der Waals surface area contributed by atoms with Crippen LogP contribution in [0.5, 0.6) is 0 Å². The molecule has 0 aliphatic rings. The molecule has 0 aromatic carbocycles. The molecule has 18 heteroatoms. The first-order valence-corrected chi connectivity index (χ1v) is 6.24. The topological polar surface area (TPSA) is 38.3 Å². The first kappa shape index (κ1) is 26.4. The highest BCUT2D eigenvalue weighted by Crippen LogP contribution is 2.62. The highest BCUT2D eigenvalue weighted by Gasteiger charge is 2.94. The van der Waals surface area contributed by atoms with Gasteiger partial charge in [-0.3, -0.25) is 9.63 Å². The lowest BCUT2D eigenvalue weighted by Crippen LogP contribution is -2.74. The highest BCUT2D eigenvalue weighted by molar-refractivity contribution is 5.84. The fourth-order valence-corrected chi connectivity index (χ4v) is 1.31. The van der Waals surface area contributed by atoms with E-state index in [4.69, 9.17) is 0 Å². The maximum atomic E-state index is 13.2. The van der Waals surface area contributed by atoms with Gasteiger partial charge in [0.2, 0.25) is 0 Å². The number of hydrogen-bond donors (Lipinski definition) is 1. The van der Waals surface area contributed by atoms with E-state index in [1.54, 1.807) is 0 Å². The van der Waals surface area contributed by atoms with Gasteiger partial charge < -0.3 is 0 Å². The maximum Gasteiger partial charge on any atom is 0.460 e. The third-order valence-electron chi connectivity index (χ3n) is 2.92. The fraction of sp³-hybridized carbons (Fsp3) is 0.900. The van der Waals surface area contributed by atoms with Crippen molar-refractivity contribution in [1.29, 1.82) is 0 Å². The second kappa shape index (κ2) is 7.01. The molecule has 1 amide bonds. The zero-order valence-corrected chi connectivity index (χ0v) is 12.7. The van der Waals surface area contributed by atoms with E-state index >= 15 is 0 Å². The molecule has 0 bridgehead atoms. The summed E-state index contributed by atoms with van der Waals surface area (Å²) in [5.74, 6) is -51.7. The Hall–Kier alpha value is -1.62. The average molecular weight is 457 g/mol. The molecule has 168 valence electrons. The number of nitrogens with one attached hydrogen (secondary N) is 1. The minimum absolute atomic E-state index is 0.333. The van der Waals surface area contributed by atoms with Crippen LogP contribution in [0.1, 0.15) is 6.92 Å². The lowest BCUT2D eigenvalue weighted by Gasteiger charge is -2.41. The molecule has 1 N–H and O–H groups in total. The van der Waals surface area contributed by atoms with Gasteiger partial charge in [-0.15, -0.1) is 0 Å². The third kappa shape index (κ3) is 3.42. The summed E-state index contributed by atoms with van der Waals surface area (Å²) in [4.78, 5) is 14.3. The van der Waals surface area contributed by atoms with E-state index in [1.807, 2.05) is 0 Å². The van der Waals surface area contributed by atoms with E-state index in [1.165, 1.54) is 0 Å². The molecule has 0 unspecified atom stereocenters. The van der Waals surface area contributed by atoms with Crippen LogP contribution in [0.3, 0.4) is 0 Å². The highest BCUT2D eigenvalue weighted by atomic mass is 19.4. The number of hydrogen-bond acceptors (Lipinski definition) is 2. The van der Waals surface area contributed by atoms with E-state index in [0.29, 0.717) is 5.48 Å². The Morgan fingerprint density at radius 1 is 0.643 bits per heavy atom. The van der Waals surface area contributed by atoms with Gasteiger partial charge in [0.15, 0.2) is 0 Å². The standard InChI is InChI=1S/C10H6F15NO2/c1-2-28-26-3(27)4(11,12)5(13,14)6(15,16)7(17,18)8(19,20)9(21,22)10(23,24)25/h2H2,1H3,(H,26,27). The molecular weight excluding hydrogens is 451 g/mol. The van der Waals surface area contributed by atoms with Crippen molar-refractivity contribution in [2.75, 3.05) is 6.61 Å². The van der Waals surface area contributed by atoms with Crippen molar-refractivity contribution in [1.82, 2.24) is 5.48 Å². The molecule has 28 heavy (non-hydrogen) atoms. The minimum atomic E-state index is -8.43. The van der Waals surface area contributed by atoms with Gasteiger partial charge in [0, 0.05) is 0 Å². The number of hydroxylamine groups is 1. The maximum absolute atomic E-state index is 13.2. The summed E-state index contributed by atoms with van der Waals surface area (Å²) in [6.45, 7) is 0.0922. The Labute approximate surface area is 143 Å². The zero-order valence-electron chi connectivity index (χ0n) is 12.7. The van der Waals surface area contributed by atoms with E-state index in [2.05, 4.69) is 4.84 Å². The van der Waals surface area contributed by atoms with Gasteiger partial charge in [-0.2, -0.15) is 65.9 Å². The third-order valence-corrected chi connectivity index (χ3v) is 2.92. The predicted molar refractivity (Wildman–Crippen MR) is 55.5 cm³/mol. The first-order chi connectivity index (χ1) is 12.0. The monoisotopic (exact) mass is 457 g/mol. The Morgan fingerprint density at radius 2 is 0.964 bits per heavy atom. The van der Waals surface area contributed by atoms with Crippen LogP contribution in [0.4, 0.5) is 65.9 Å². The van der Waals surface area contributed by atoms with Gasteiger partial charge in [-0.25, -0.2) is 5.48 Å². The number of carbonyl (C=O) groups is 1. The molecule has 0 aliphatic carbocycles. The van der Waals surface area contributed by atoms with Crippen LogP contribution in [-0.4, -0.2) is 54.2 Å². The van der Waals surface area contributed by atoms with Crippen molar-refractivity contribution in [3.8, 4) is 0 Å². The summed E-state index contributed by atoms with van der Waals surface area (Å²) in [7, 11) is 0. The lowest BCUT2D eigenvalue weighted by molar-refractivity contribution is -0.449. The van der Waals surface area contributed by atoms with Crippen molar-refractivity contribution >= 4 is 5.91 Å². The number of rotatable bonds is 8. The molecule has 0 aromatic rings. The molecule has 0 spiro atoms. The van der Waals surface area contributed by atoms with Crippen molar-refractivity contribution in [3.05, 3.63) is 0 Å². The normalized spacial score (nSPS) is 15.6. The molecule has 0 saturated heterocycles. The van der Waals surface area contributed by atoms with Crippen LogP contribution < -0.4 is 5.48 Å². The summed E-state index contributed by atoms with van der Waals surface area (Å²) in [6, 6.07) is 0. The smallest absolute Gasteiger partial charge is 0.274 e. The van der Waals surface area contributed by atoms with Crippen LogP contribution in [0.2, 0.25) is 0 Å². The van der Waals surface area contributed by atoms with E-state index in [0.717, 1.165) is 6.92 Å². The second-order valence-corrected chi connectivity index (χ2v) is 4.81. The molecule has 3 nitrogen and oxygen atoms in total. The number of carbonyl (C=O) groups excluding carboxylic acids is 1. The Balaban J connectivity index is 6.43. The Morgan fingerprint density at radius 3 is 1.29 bits per heavy atom. The Kier molecular flexibility index (Phi) is 6.61.